The molecule has 118 valence electrons. The van der Waals surface area contributed by atoms with E-state index in [2.05, 4.69) is 20.2 Å². The Morgan fingerprint density at radius 1 is 1.50 bits per heavy atom. The molecule has 1 fully saturated rings. The Bertz CT molecular complexity index is 717. The summed E-state index contributed by atoms with van der Waals surface area (Å²) >= 11 is 1.40. The van der Waals surface area contributed by atoms with Gasteiger partial charge in [-0.25, -0.2) is 14.9 Å². The molecular formula is C14H19N5O2S. The first-order chi connectivity index (χ1) is 10.6. The lowest BCUT2D eigenvalue weighted by molar-refractivity contribution is 0.0708. The number of aromatic amines is 2. The SMILES string of the molecule is CC(C)c1ncsc1C(=O)N1CCCC(c2n[nH]c(=O)[nH]2)C1. The minimum absolute atomic E-state index is 0.0359. The lowest BCUT2D eigenvalue weighted by Gasteiger charge is -2.31. The van der Waals surface area contributed by atoms with Gasteiger partial charge in [-0.15, -0.1) is 11.3 Å². The summed E-state index contributed by atoms with van der Waals surface area (Å²) in [5, 5.41) is 6.39. The summed E-state index contributed by atoms with van der Waals surface area (Å²) in [4.78, 5) is 33.6. The standard InChI is InChI=1S/C14H19N5O2S/c1-8(2)10-11(22-7-15-10)13(20)19-5-3-4-9(6-19)12-16-14(21)18-17-12/h7-9H,3-6H2,1-2H3,(H2,16,17,18,21). The van der Waals surface area contributed by atoms with Gasteiger partial charge in [-0.3, -0.25) is 9.78 Å². The van der Waals surface area contributed by atoms with Gasteiger partial charge in [0.15, 0.2) is 0 Å². The largest absolute Gasteiger partial charge is 0.340 e. The summed E-state index contributed by atoms with van der Waals surface area (Å²) in [6.45, 7) is 5.40. The van der Waals surface area contributed by atoms with Crippen LogP contribution in [0.4, 0.5) is 0 Å². The number of piperidine rings is 1. The number of aromatic nitrogens is 4. The lowest BCUT2D eigenvalue weighted by atomic mass is 9.97. The number of nitrogens with zero attached hydrogens (tertiary/aromatic N) is 3. The smallest absolute Gasteiger partial charge is 0.337 e. The van der Waals surface area contributed by atoms with Gasteiger partial charge in [-0.2, -0.15) is 5.10 Å². The Labute approximate surface area is 131 Å². The van der Waals surface area contributed by atoms with Crippen LogP contribution in [0.25, 0.3) is 0 Å². The Balaban J connectivity index is 1.78. The first-order valence-corrected chi connectivity index (χ1v) is 8.31. The molecule has 7 nitrogen and oxygen atoms in total. The van der Waals surface area contributed by atoms with E-state index in [1.54, 1.807) is 5.51 Å². The molecule has 0 spiro atoms. The summed E-state index contributed by atoms with van der Waals surface area (Å²) < 4.78 is 0. The second-order valence-electron chi connectivity index (χ2n) is 5.87. The molecule has 1 unspecified atom stereocenters. The zero-order chi connectivity index (χ0) is 15.7. The van der Waals surface area contributed by atoms with Crippen molar-refractivity contribution < 1.29 is 4.79 Å². The van der Waals surface area contributed by atoms with Gasteiger partial charge in [0.25, 0.3) is 5.91 Å². The highest BCUT2D eigenvalue weighted by Gasteiger charge is 2.29. The summed E-state index contributed by atoms with van der Waals surface area (Å²) in [7, 11) is 0. The van der Waals surface area contributed by atoms with Gasteiger partial charge >= 0.3 is 5.69 Å². The van der Waals surface area contributed by atoms with Crippen molar-refractivity contribution in [3.63, 3.8) is 0 Å². The Morgan fingerprint density at radius 3 is 3.00 bits per heavy atom. The number of amides is 1. The minimum atomic E-state index is -0.303. The number of thiazole rings is 1. The molecule has 1 aliphatic rings. The highest BCUT2D eigenvalue weighted by molar-refractivity contribution is 7.11. The van der Waals surface area contributed by atoms with Crippen LogP contribution in [0.2, 0.25) is 0 Å². The van der Waals surface area contributed by atoms with Gasteiger partial charge in [0.1, 0.15) is 10.7 Å². The molecule has 2 aromatic heterocycles. The fourth-order valence-corrected chi connectivity index (χ4v) is 3.74. The van der Waals surface area contributed by atoms with E-state index in [9.17, 15) is 9.59 Å². The number of rotatable bonds is 3. The van der Waals surface area contributed by atoms with Gasteiger partial charge in [0.2, 0.25) is 0 Å². The second kappa shape index (κ2) is 6.04. The van der Waals surface area contributed by atoms with Gasteiger partial charge in [0.05, 0.1) is 11.2 Å². The van der Waals surface area contributed by atoms with Crippen LogP contribution in [0.3, 0.4) is 0 Å². The van der Waals surface area contributed by atoms with Crippen molar-refractivity contribution in [2.75, 3.05) is 13.1 Å². The predicted molar refractivity (Wildman–Crippen MR) is 83.3 cm³/mol. The summed E-state index contributed by atoms with van der Waals surface area (Å²) in [6.07, 6.45) is 1.82. The molecule has 8 heteroatoms. The van der Waals surface area contributed by atoms with Crippen LogP contribution in [-0.2, 0) is 0 Å². The quantitative estimate of drug-likeness (QED) is 0.899. The monoisotopic (exact) mass is 321 g/mol. The highest BCUT2D eigenvalue weighted by Crippen LogP contribution is 2.28. The zero-order valence-corrected chi connectivity index (χ0v) is 13.4. The number of carbonyl (C=O) groups is 1. The van der Waals surface area contributed by atoms with Crippen LogP contribution >= 0.6 is 11.3 Å². The van der Waals surface area contributed by atoms with Crippen molar-refractivity contribution in [3.05, 3.63) is 32.4 Å². The molecule has 3 heterocycles. The third-order valence-corrected chi connectivity index (χ3v) is 4.78. The fraction of sp³-hybridized carbons (Fsp3) is 0.571. The number of nitrogens with one attached hydrogen (secondary N) is 2. The molecule has 0 bridgehead atoms. The first-order valence-electron chi connectivity index (χ1n) is 7.43. The molecule has 1 saturated heterocycles. The van der Waals surface area contributed by atoms with Crippen molar-refractivity contribution in [2.45, 2.75) is 38.5 Å². The molecule has 0 radical (unpaired) electrons. The molecule has 1 atom stereocenters. The molecular weight excluding hydrogens is 302 g/mol. The van der Waals surface area contributed by atoms with E-state index in [4.69, 9.17) is 0 Å². The summed E-state index contributed by atoms with van der Waals surface area (Å²) in [5.41, 5.74) is 2.29. The topological polar surface area (TPSA) is 94.7 Å². The lowest BCUT2D eigenvalue weighted by Crippen LogP contribution is -2.39. The third kappa shape index (κ3) is 2.83. The van der Waals surface area contributed by atoms with Gasteiger partial charge in [-0.1, -0.05) is 13.8 Å². The van der Waals surface area contributed by atoms with E-state index in [1.807, 2.05) is 18.7 Å². The van der Waals surface area contributed by atoms with Crippen LogP contribution in [0.1, 0.15) is 59.7 Å². The van der Waals surface area contributed by atoms with Crippen LogP contribution in [-0.4, -0.2) is 44.1 Å². The Kier molecular flexibility index (Phi) is 4.10. The maximum absolute atomic E-state index is 12.8. The molecule has 0 aromatic carbocycles. The maximum Gasteiger partial charge on any atom is 0.340 e. The van der Waals surface area contributed by atoms with Crippen LogP contribution in [0, 0.1) is 0 Å². The van der Waals surface area contributed by atoms with Crippen LogP contribution in [0.15, 0.2) is 10.3 Å². The average Bonchev–Trinajstić information content (AvgIpc) is 3.15. The number of H-pyrrole nitrogens is 2. The number of carbonyl (C=O) groups excluding carboxylic acids is 1. The Morgan fingerprint density at radius 2 is 2.32 bits per heavy atom. The highest BCUT2D eigenvalue weighted by atomic mass is 32.1. The van der Waals surface area contributed by atoms with Crippen molar-refractivity contribution in [1.29, 1.82) is 0 Å². The van der Waals surface area contributed by atoms with E-state index in [1.165, 1.54) is 11.3 Å². The molecule has 1 aliphatic heterocycles. The molecule has 2 N–H and O–H groups in total. The molecule has 0 aliphatic carbocycles. The molecule has 1 amide bonds. The molecule has 0 saturated carbocycles. The normalized spacial score (nSPS) is 18.9. The van der Waals surface area contributed by atoms with E-state index in [0.717, 1.165) is 30.0 Å². The first kappa shape index (κ1) is 15.0. The van der Waals surface area contributed by atoms with E-state index in [-0.39, 0.29) is 23.4 Å². The maximum atomic E-state index is 12.8. The number of likely N-dealkylation sites (tertiary alicyclic amines) is 1. The van der Waals surface area contributed by atoms with Crippen LogP contribution < -0.4 is 5.69 Å². The van der Waals surface area contributed by atoms with Crippen molar-refractivity contribution in [3.8, 4) is 0 Å². The van der Waals surface area contributed by atoms with E-state index >= 15 is 0 Å². The van der Waals surface area contributed by atoms with Gasteiger partial charge in [-0.05, 0) is 18.8 Å². The molecule has 3 rings (SSSR count). The third-order valence-electron chi connectivity index (χ3n) is 3.95. The zero-order valence-electron chi connectivity index (χ0n) is 12.6. The van der Waals surface area contributed by atoms with Crippen molar-refractivity contribution in [2.24, 2.45) is 0 Å². The van der Waals surface area contributed by atoms with Gasteiger partial charge in [0, 0.05) is 19.0 Å². The fourth-order valence-electron chi connectivity index (χ4n) is 2.83. The summed E-state index contributed by atoms with van der Waals surface area (Å²) in [5.74, 6) is 0.977. The van der Waals surface area contributed by atoms with Crippen molar-refractivity contribution >= 4 is 17.2 Å². The van der Waals surface area contributed by atoms with Gasteiger partial charge < -0.3 is 4.90 Å². The summed E-state index contributed by atoms with van der Waals surface area (Å²) in [6, 6.07) is 0. The average molecular weight is 321 g/mol. The van der Waals surface area contributed by atoms with E-state index in [0.29, 0.717) is 12.4 Å². The second-order valence-corrected chi connectivity index (χ2v) is 6.73. The predicted octanol–water partition coefficient (Wildman–Crippen LogP) is 1.70. The number of hydrogen-bond donors (Lipinski definition) is 2. The van der Waals surface area contributed by atoms with E-state index < -0.39 is 0 Å². The molecule has 22 heavy (non-hydrogen) atoms. The molecule has 2 aromatic rings. The minimum Gasteiger partial charge on any atom is -0.337 e. The van der Waals surface area contributed by atoms with Crippen molar-refractivity contribution in [1.82, 2.24) is 25.1 Å². The number of hydrogen-bond acceptors (Lipinski definition) is 5. The Hall–Kier alpha value is -1.96. The van der Waals surface area contributed by atoms with Crippen LogP contribution in [0.5, 0.6) is 0 Å².